The van der Waals surface area contributed by atoms with Crippen LogP contribution in [0.1, 0.15) is 29.5 Å². The van der Waals surface area contributed by atoms with Crippen molar-refractivity contribution in [2.45, 2.75) is 25.0 Å². The minimum absolute atomic E-state index is 0.0207. The molecule has 1 saturated heterocycles. The number of halogens is 3. The summed E-state index contributed by atoms with van der Waals surface area (Å²) in [6, 6.07) is 12.7. The fraction of sp³-hybridized carbons (Fsp3) is 0.381. The average Bonchev–Trinajstić information content (AvgIpc) is 3.48. The van der Waals surface area contributed by atoms with E-state index in [1.807, 2.05) is 6.07 Å². The minimum atomic E-state index is -2.90. The van der Waals surface area contributed by atoms with Gasteiger partial charge < -0.3 is 15.0 Å². The Hall–Kier alpha value is -2.54. The standard InChI is InChI=1S/C21H21F3N2O2/c22-14-5-3-4-13(10-14)18-12-25-8-9-26(18)20(27)17-11-16(17)15-6-1-2-7-19(15)28-21(23)24/h1-7,10,16-18,21,25H,8-9,11-12H2. The molecule has 148 valence electrons. The van der Waals surface area contributed by atoms with Gasteiger partial charge in [-0.1, -0.05) is 30.3 Å². The van der Waals surface area contributed by atoms with Crippen molar-refractivity contribution in [3.63, 3.8) is 0 Å². The van der Waals surface area contributed by atoms with E-state index in [1.165, 1.54) is 18.2 Å². The van der Waals surface area contributed by atoms with E-state index in [2.05, 4.69) is 10.1 Å². The lowest BCUT2D eigenvalue weighted by molar-refractivity contribution is -0.136. The van der Waals surface area contributed by atoms with E-state index in [4.69, 9.17) is 0 Å². The van der Waals surface area contributed by atoms with Gasteiger partial charge in [0.2, 0.25) is 5.91 Å². The largest absolute Gasteiger partial charge is 0.435 e. The number of ether oxygens (including phenoxy) is 1. The fourth-order valence-corrected chi connectivity index (χ4v) is 3.99. The van der Waals surface area contributed by atoms with Crippen LogP contribution in [0.15, 0.2) is 48.5 Å². The van der Waals surface area contributed by atoms with Gasteiger partial charge in [-0.15, -0.1) is 0 Å². The van der Waals surface area contributed by atoms with Crippen LogP contribution in [0.3, 0.4) is 0 Å². The predicted molar refractivity (Wildman–Crippen MR) is 97.6 cm³/mol. The summed E-state index contributed by atoms with van der Waals surface area (Å²) in [6.07, 6.45) is 0.599. The van der Waals surface area contributed by atoms with Crippen LogP contribution in [-0.2, 0) is 4.79 Å². The molecule has 7 heteroatoms. The molecule has 4 nitrogen and oxygen atoms in total. The summed E-state index contributed by atoms with van der Waals surface area (Å²) < 4.78 is 43.6. The molecule has 0 aromatic heterocycles. The summed E-state index contributed by atoms with van der Waals surface area (Å²) in [7, 11) is 0. The van der Waals surface area contributed by atoms with Crippen LogP contribution in [0, 0.1) is 11.7 Å². The molecule has 0 spiro atoms. The van der Waals surface area contributed by atoms with Crippen LogP contribution in [0.4, 0.5) is 13.2 Å². The molecule has 1 N–H and O–H groups in total. The summed E-state index contributed by atoms with van der Waals surface area (Å²) >= 11 is 0. The van der Waals surface area contributed by atoms with Gasteiger partial charge in [0.25, 0.3) is 0 Å². The number of nitrogens with one attached hydrogen (secondary N) is 1. The predicted octanol–water partition coefficient (Wildman–Crippen LogP) is 3.70. The van der Waals surface area contributed by atoms with Crippen LogP contribution in [0.5, 0.6) is 5.75 Å². The SMILES string of the molecule is O=C(C1CC1c1ccccc1OC(F)F)N1CCNCC1c1cccc(F)c1. The van der Waals surface area contributed by atoms with E-state index >= 15 is 0 Å². The quantitative estimate of drug-likeness (QED) is 0.847. The first kappa shape index (κ1) is 18.8. The third-order valence-corrected chi connectivity index (χ3v) is 5.40. The maximum atomic E-state index is 13.7. The number of hydrogen-bond donors (Lipinski definition) is 1. The zero-order valence-corrected chi connectivity index (χ0v) is 15.2. The van der Waals surface area contributed by atoms with Gasteiger partial charge in [-0.25, -0.2) is 4.39 Å². The maximum absolute atomic E-state index is 13.7. The number of hydrogen-bond acceptors (Lipinski definition) is 3. The van der Waals surface area contributed by atoms with Crippen LogP contribution < -0.4 is 10.1 Å². The number of carbonyl (C=O) groups excluding carboxylic acids is 1. The normalized spacial score (nSPS) is 24.3. The lowest BCUT2D eigenvalue weighted by Crippen LogP contribution is -2.49. The van der Waals surface area contributed by atoms with Gasteiger partial charge in [0.1, 0.15) is 11.6 Å². The van der Waals surface area contributed by atoms with E-state index in [9.17, 15) is 18.0 Å². The zero-order valence-electron chi connectivity index (χ0n) is 15.2. The minimum Gasteiger partial charge on any atom is -0.435 e. The number of piperazine rings is 1. The van der Waals surface area contributed by atoms with Crippen molar-refractivity contribution in [2.75, 3.05) is 19.6 Å². The molecule has 2 aromatic rings. The van der Waals surface area contributed by atoms with Crippen molar-refractivity contribution in [1.82, 2.24) is 10.2 Å². The first-order valence-electron chi connectivity index (χ1n) is 9.35. The van der Waals surface area contributed by atoms with Crippen molar-refractivity contribution in [2.24, 2.45) is 5.92 Å². The molecule has 2 fully saturated rings. The molecule has 28 heavy (non-hydrogen) atoms. The molecule has 2 aliphatic rings. The number of benzene rings is 2. The Bertz CT molecular complexity index is 861. The smallest absolute Gasteiger partial charge is 0.387 e. The number of nitrogens with zero attached hydrogens (tertiary/aromatic N) is 1. The number of carbonyl (C=O) groups is 1. The van der Waals surface area contributed by atoms with Crippen LogP contribution >= 0.6 is 0 Å². The Labute approximate surface area is 161 Å². The highest BCUT2D eigenvalue weighted by molar-refractivity contribution is 5.84. The Morgan fingerprint density at radius 1 is 1.18 bits per heavy atom. The third kappa shape index (κ3) is 3.85. The summed E-state index contributed by atoms with van der Waals surface area (Å²) in [5.74, 6) is -0.632. The molecule has 1 saturated carbocycles. The summed E-state index contributed by atoms with van der Waals surface area (Å²) in [4.78, 5) is 14.9. The molecule has 4 rings (SSSR count). The molecule has 1 amide bonds. The Morgan fingerprint density at radius 3 is 2.79 bits per heavy atom. The van der Waals surface area contributed by atoms with E-state index in [0.29, 0.717) is 31.6 Å². The first-order chi connectivity index (χ1) is 13.5. The molecule has 3 atom stereocenters. The van der Waals surface area contributed by atoms with Crippen LogP contribution in [-0.4, -0.2) is 37.1 Å². The Balaban J connectivity index is 1.52. The van der Waals surface area contributed by atoms with Crippen molar-refractivity contribution in [3.8, 4) is 5.75 Å². The summed E-state index contributed by atoms with van der Waals surface area (Å²) in [5.41, 5.74) is 1.39. The van der Waals surface area contributed by atoms with Crippen molar-refractivity contribution < 1.29 is 22.7 Å². The summed E-state index contributed by atoms with van der Waals surface area (Å²) in [5, 5.41) is 3.25. The molecular weight excluding hydrogens is 369 g/mol. The second-order valence-electron chi connectivity index (χ2n) is 7.17. The monoisotopic (exact) mass is 390 g/mol. The van der Waals surface area contributed by atoms with Crippen molar-refractivity contribution in [3.05, 3.63) is 65.5 Å². The molecule has 1 heterocycles. The van der Waals surface area contributed by atoms with Gasteiger partial charge in [-0.2, -0.15) is 8.78 Å². The van der Waals surface area contributed by atoms with E-state index < -0.39 is 6.61 Å². The van der Waals surface area contributed by atoms with Crippen molar-refractivity contribution in [1.29, 1.82) is 0 Å². The number of para-hydroxylation sites is 1. The van der Waals surface area contributed by atoms with Gasteiger partial charge >= 0.3 is 6.61 Å². The number of alkyl halides is 2. The van der Waals surface area contributed by atoms with Gasteiger partial charge in [0.15, 0.2) is 0 Å². The van der Waals surface area contributed by atoms with Crippen LogP contribution in [0.2, 0.25) is 0 Å². The van der Waals surface area contributed by atoms with E-state index in [0.717, 1.165) is 5.56 Å². The molecule has 0 radical (unpaired) electrons. The fourth-order valence-electron chi connectivity index (χ4n) is 3.99. The molecule has 1 aliphatic heterocycles. The second-order valence-corrected chi connectivity index (χ2v) is 7.17. The van der Waals surface area contributed by atoms with Gasteiger partial charge in [-0.3, -0.25) is 4.79 Å². The van der Waals surface area contributed by atoms with Gasteiger partial charge in [0.05, 0.1) is 6.04 Å². The van der Waals surface area contributed by atoms with Gasteiger partial charge in [-0.05, 0) is 41.7 Å². The first-order valence-corrected chi connectivity index (χ1v) is 9.35. The lowest BCUT2D eigenvalue weighted by Gasteiger charge is -2.37. The highest BCUT2D eigenvalue weighted by atomic mass is 19.3. The highest BCUT2D eigenvalue weighted by Gasteiger charge is 2.48. The topological polar surface area (TPSA) is 41.6 Å². The lowest BCUT2D eigenvalue weighted by atomic mass is 10.0. The Morgan fingerprint density at radius 2 is 2.00 bits per heavy atom. The molecule has 0 bridgehead atoms. The van der Waals surface area contributed by atoms with Crippen molar-refractivity contribution >= 4 is 5.91 Å². The summed E-state index contributed by atoms with van der Waals surface area (Å²) in [6.45, 7) is -1.16. The number of rotatable bonds is 5. The zero-order chi connectivity index (χ0) is 19.7. The molecule has 2 aromatic carbocycles. The van der Waals surface area contributed by atoms with E-state index in [1.54, 1.807) is 29.2 Å². The number of amides is 1. The Kier molecular flexibility index (Phi) is 5.26. The average molecular weight is 390 g/mol. The highest BCUT2D eigenvalue weighted by Crippen LogP contribution is 2.52. The van der Waals surface area contributed by atoms with E-state index in [-0.39, 0.29) is 35.4 Å². The van der Waals surface area contributed by atoms with Crippen LogP contribution in [0.25, 0.3) is 0 Å². The maximum Gasteiger partial charge on any atom is 0.387 e. The second kappa shape index (κ2) is 7.83. The molecule has 1 aliphatic carbocycles. The molecule has 3 unspecified atom stereocenters. The molecular formula is C21H21F3N2O2. The third-order valence-electron chi connectivity index (χ3n) is 5.40. The van der Waals surface area contributed by atoms with Gasteiger partial charge in [0, 0.05) is 25.6 Å².